The van der Waals surface area contributed by atoms with Crippen LogP contribution in [0.25, 0.3) is 5.69 Å². The van der Waals surface area contributed by atoms with Crippen LogP contribution < -0.4 is 10.4 Å². The van der Waals surface area contributed by atoms with Crippen LogP contribution in [0, 0.1) is 6.92 Å². The predicted molar refractivity (Wildman–Crippen MR) is 114 cm³/mol. The van der Waals surface area contributed by atoms with Crippen molar-refractivity contribution in [3.8, 4) is 11.4 Å². The number of aliphatic hydroxyl groups excluding tert-OH is 1. The first-order chi connectivity index (χ1) is 14.8. The molecule has 0 aliphatic rings. The number of rotatable bonds is 8. The second kappa shape index (κ2) is 9.44. The molecule has 8 heteroatoms. The minimum absolute atomic E-state index is 0.0262. The van der Waals surface area contributed by atoms with E-state index in [-0.39, 0.29) is 24.6 Å². The second-order valence-corrected chi connectivity index (χ2v) is 7.12. The zero-order valence-corrected chi connectivity index (χ0v) is 17.6. The van der Waals surface area contributed by atoms with E-state index in [1.807, 2.05) is 0 Å². The highest BCUT2D eigenvalue weighted by atomic mass is 16.5. The van der Waals surface area contributed by atoms with Gasteiger partial charge in [-0.1, -0.05) is 0 Å². The first-order valence-corrected chi connectivity index (χ1v) is 9.69. The van der Waals surface area contributed by atoms with Gasteiger partial charge in [0.2, 0.25) is 0 Å². The topological polar surface area (TPSA) is 99.8 Å². The largest absolute Gasteiger partial charge is 0.491 e. The standard InChI is InChI=1S/C23H24N2O6/c1-15-12-24(23(29)25(15)19-8-4-17(5-9-19)16(2)26)13-20(27)14-31-21-10-6-18(7-11-21)22(28)30-3/h4-12,20,27H,13-14H2,1-3H3/t20-/m0/s1. The Balaban J connectivity index is 1.66. The van der Waals surface area contributed by atoms with Gasteiger partial charge < -0.3 is 14.6 Å². The molecule has 3 aromatic rings. The molecule has 0 aliphatic heterocycles. The highest BCUT2D eigenvalue weighted by Gasteiger charge is 2.14. The monoisotopic (exact) mass is 424 g/mol. The molecule has 0 saturated heterocycles. The van der Waals surface area contributed by atoms with Crippen LogP contribution in [0.2, 0.25) is 0 Å². The summed E-state index contributed by atoms with van der Waals surface area (Å²) in [6, 6.07) is 13.1. The number of methoxy groups -OCH3 is 1. The highest BCUT2D eigenvalue weighted by Crippen LogP contribution is 2.14. The van der Waals surface area contributed by atoms with Crippen LogP contribution in [0.4, 0.5) is 0 Å². The zero-order chi connectivity index (χ0) is 22.5. The van der Waals surface area contributed by atoms with Crippen molar-refractivity contribution in [2.45, 2.75) is 26.5 Å². The smallest absolute Gasteiger partial charge is 0.337 e. The molecule has 0 saturated carbocycles. The van der Waals surface area contributed by atoms with E-state index in [1.54, 1.807) is 61.7 Å². The average molecular weight is 424 g/mol. The van der Waals surface area contributed by atoms with Crippen LogP contribution >= 0.6 is 0 Å². The molecule has 1 aromatic heterocycles. The van der Waals surface area contributed by atoms with E-state index in [9.17, 15) is 19.5 Å². The average Bonchev–Trinajstić information content (AvgIpc) is 3.04. The summed E-state index contributed by atoms with van der Waals surface area (Å²) in [5, 5.41) is 10.3. The zero-order valence-electron chi connectivity index (χ0n) is 17.6. The highest BCUT2D eigenvalue weighted by molar-refractivity contribution is 5.94. The minimum Gasteiger partial charge on any atom is -0.491 e. The fourth-order valence-corrected chi connectivity index (χ4v) is 3.19. The molecular formula is C23H24N2O6. The van der Waals surface area contributed by atoms with Crippen molar-refractivity contribution < 1.29 is 24.2 Å². The van der Waals surface area contributed by atoms with Gasteiger partial charge in [-0.05, 0) is 62.4 Å². The Labute approximate surface area is 179 Å². The Morgan fingerprint density at radius 2 is 1.65 bits per heavy atom. The van der Waals surface area contributed by atoms with Crippen LogP contribution in [-0.2, 0) is 11.3 Å². The minimum atomic E-state index is -0.923. The molecule has 0 radical (unpaired) electrons. The Hall–Kier alpha value is -3.65. The summed E-state index contributed by atoms with van der Waals surface area (Å²) < 4.78 is 13.1. The third-order valence-corrected chi connectivity index (χ3v) is 4.79. The van der Waals surface area contributed by atoms with Crippen LogP contribution in [0.1, 0.15) is 33.3 Å². The molecule has 0 fully saturated rings. The number of carbonyl (C=O) groups is 2. The first kappa shape index (κ1) is 22.0. The Bertz CT molecular complexity index is 1130. The van der Waals surface area contributed by atoms with Gasteiger partial charge in [0.05, 0.1) is 24.9 Å². The summed E-state index contributed by atoms with van der Waals surface area (Å²) >= 11 is 0. The number of ketones is 1. The van der Waals surface area contributed by atoms with Crippen molar-refractivity contribution in [1.29, 1.82) is 0 Å². The SMILES string of the molecule is COC(=O)c1ccc(OC[C@@H](O)Cn2cc(C)n(-c3ccc(C(C)=O)cc3)c2=O)cc1. The summed E-state index contributed by atoms with van der Waals surface area (Å²) in [6.45, 7) is 3.31. The summed E-state index contributed by atoms with van der Waals surface area (Å²) in [5.74, 6) is -0.00335. The Morgan fingerprint density at radius 3 is 2.23 bits per heavy atom. The maximum atomic E-state index is 12.8. The van der Waals surface area contributed by atoms with Gasteiger partial charge in [0.25, 0.3) is 0 Å². The number of ether oxygens (including phenoxy) is 2. The molecule has 1 atom stereocenters. The Morgan fingerprint density at radius 1 is 1.03 bits per heavy atom. The van der Waals surface area contributed by atoms with Crippen molar-refractivity contribution in [3.05, 3.63) is 82.0 Å². The molecule has 1 N–H and O–H groups in total. The van der Waals surface area contributed by atoms with Crippen LogP contribution in [0.3, 0.4) is 0 Å². The van der Waals surface area contributed by atoms with Crippen molar-refractivity contribution in [1.82, 2.24) is 9.13 Å². The molecule has 1 heterocycles. The summed E-state index contributed by atoms with van der Waals surface area (Å²) in [7, 11) is 1.31. The van der Waals surface area contributed by atoms with Gasteiger partial charge in [0.15, 0.2) is 5.78 Å². The fraction of sp³-hybridized carbons (Fsp3) is 0.261. The van der Waals surface area contributed by atoms with Gasteiger partial charge in [-0.25, -0.2) is 9.59 Å². The van der Waals surface area contributed by atoms with Gasteiger partial charge in [-0.3, -0.25) is 13.9 Å². The molecule has 0 spiro atoms. The number of esters is 1. The van der Waals surface area contributed by atoms with Gasteiger partial charge in [-0.15, -0.1) is 0 Å². The van der Waals surface area contributed by atoms with E-state index >= 15 is 0 Å². The van der Waals surface area contributed by atoms with Crippen molar-refractivity contribution in [3.63, 3.8) is 0 Å². The third kappa shape index (κ3) is 5.10. The van der Waals surface area contributed by atoms with E-state index in [0.717, 1.165) is 0 Å². The molecule has 0 bridgehead atoms. The number of carbonyl (C=O) groups excluding carboxylic acids is 2. The molecule has 31 heavy (non-hydrogen) atoms. The van der Waals surface area contributed by atoms with Gasteiger partial charge in [0.1, 0.15) is 18.5 Å². The lowest BCUT2D eigenvalue weighted by molar-refractivity contribution is 0.0600. The number of nitrogens with zero attached hydrogens (tertiary/aromatic N) is 2. The van der Waals surface area contributed by atoms with Crippen LogP contribution in [0.15, 0.2) is 59.5 Å². The molecule has 3 rings (SSSR count). The lowest BCUT2D eigenvalue weighted by Crippen LogP contribution is -2.31. The molecule has 0 amide bonds. The van der Waals surface area contributed by atoms with Gasteiger partial charge in [-0.2, -0.15) is 0 Å². The number of imidazole rings is 1. The maximum absolute atomic E-state index is 12.8. The molecule has 8 nitrogen and oxygen atoms in total. The maximum Gasteiger partial charge on any atom is 0.337 e. The first-order valence-electron chi connectivity index (χ1n) is 9.69. The normalized spacial score (nSPS) is 11.7. The van der Waals surface area contributed by atoms with E-state index in [2.05, 4.69) is 4.74 Å². The molecule has 2 aromatic carbocycles. The second-order valence-electron chi connectivity index (χ2n) is 7.12. The Kier molecular flexibility index (Phi) is 6.71. The van der Waals surface area contributed by atoms with Crippen molar-refractivity contribution in [2.75, 3.05) is 13.7 Å². The number of hydrogen-bond acceptors (Lipinski definition) is 6. The van der Waals surface area contributed by atoms with E-state index in [0.29, 0.717) is 28.3 Å². The molecule has 162 valence electrons. The van der Waals surface area contributed by atoms with Gasteiger partial charge >= 0.3 is 11.7 Å². The number of aromatic nitrogens is 2. The molecular weight excluding hydrogens is 400 g/mol. The number of aryl methyl sites for hydroxylation is 1. The lowest BCUT2D eigenvalue weighted by atomic mass is 10.1. The quantitative estimate of drug-likeness (QED) is 0.440. The number of benzene rings is 2. The van der Waals surface area contributed by atoms with Gasteiger partial charge in [0, 0.05) is 17.5 Å². The van der Waals surface area contributed by atoms with E-state index < -0.39 is 12.1 Å². The van der Waals surface area contributed by atoms with Crippen LogP contribution in [-0.4, -0.2) is 45.8 Å². The fourth-order valence-electron chi connectivity index (χ4n) is 3.19. The van der Waals surface area contributed by atoms with Crippen molar-refractivity contribution >= 4 is 11.8 Å². The number of Topliss-reactive ketones (excluding diaryl/α,β-unsaturated/α-hetero) is 1. The van der Waals surface area contributed by atoms with E-state index in [4.69, 9.17) is 4.74 Å². The van der Waals surface area contributed by atoms with Crippen LogP contribution in [0.5, 0.6) is 5.75 Å². The molecule has 0 unspecified atom stereocenters. The lowest BCUT2D eigenvalue weighted by Gasteiger charge is -2.13. The molecule has 0 aliphatic carbocycles. The van der Waals surface area contributed by atoms with Crippen molar-refractivity contribution in [2.24, 2.45) is 0 Å². The predicted octanol–water partition coefficient (Wildman–Crippen LogP) is 2.38. The summed E-state index contributed by atoms with van der Waals surface area (Å²) in [6.07, 6.45) is 0.739. The third-order valence-electron chi connectivity index (χ3n) is 4.79. The number of hydrogen-bond donors (Lipinski definition) is 1. The summed E-state index contributed by atoms with van der Waals surface area (Å²) in [5.41, 5.74) is 2.01. The number of aliphatic hydroxyl groups is 1. The summed E-state index contributed by atoms with van der Waals surface area (Å²) in [4.78, 5) is 35.7. The van der Waals surface area contributed by atoms with E-state index in [1.165, 1.54) is 23.2 Å².